The topological polar surface area (TPSA) is 107 Å². The third-order valence-corrected chi connectivity index (χ3v) is 6.36. The van der Waals surface area contributed by atoms with Crippen LogP contribution in [-0.2, 0) is 0 Å². The number of hydrogen-bond donors (Lipinski definition) is 0. The lowest BCUT2D eigenvalue weighted by molar-refractivity contribution is 0.603. The fourth-order valence-electron chi connectivity index (χ4n) is 4.31. The fraction of sp³-hybridized carbons (Fsp3) is 0.231. The van der Waals surface area contributed by atoms with Crippen molar-refractivity contribution in [2.75, 3.05) is 0 Å². The highest BCUT2D eigenvalue weighted by Gasteiger charge is 2.26. The molecule has 0 N–H and O–H groups in total. The van der Waals surface area contributed by atoms with Crippen molar-refractivity contribution in [3.8, 4) is 29.1 Å². The molecule has 1 aromatic carbocycles. The molecule has 4 aromatic heterocycles. The number of nitriles is 1. The van der Waals surface area contributed by atoms with E-state index in [4.69, 9.17) is 4.98 Å². The van der Waals surface area contributed by atoms with Gasteiger partial charge in [-0.3, -0.25) is 9.36 Å². The Bertz CT molecular complexity index is 1680. The highest BCUT2D eigenvalue weighted by molar-refractivity contribution is 5.88. The van der Waals surface area contributed by atoms with E-state index < -0.39 is 0 Å². The molecule has 172 valence electrons. The van der Waals surface area contributed by atoms with Crippen LogP contribution in [0.3, 0.4) is 0 Å². The normalized spacial score (nSPS) is 13.4. The lowest BCUT2D eigenvalue weighted by Gasteiger charge is -2.12. The summed E-state index contributed by atoms with van der Waals surface area (Å²) in [5.41, 5.74) is 2.64. The van der Waals surface area contributed by atoms with Crippen LogP contribution in [0.15, 0.2) is 66.2 Å². The van der Waals surface area contributed by atoms with E-state index in [1.165, 1.54) is 17.4 Å². The zero-order valence-corrected chi connectivity index (χ0v) is 19.3. The summed E-state index contributed by atoms with van der Waals surface area (Å²) in [5.74, 6) is 1.57. The van der Waals surface area contributed by atoms with Crippen molar-refractivity contribution in [1.82, 2.24) is 33.9 Å². The standard InChI is InChI=1S/C26H22N8O/c1-16(2)34-15-29-31-25(34)22-4-3-5-24(30-22)33-12-18(11-27)20-9-8-19(10-21(20)26(33)35)32-13-23(28-14-32)17-6-7-17/h3-5,8-10,12-17H,6-7H2,1-2H3. The lowest BCUT2D eigenvalue weighted by Crippen LogP contribution is -2.20. The fourth-order valence-corrected chi connectivity index (χ4v) is 4.31. The van der Waals surface area contributed by atoms with Crippen LogP contribution in [0.1, 0.15) is 49.9 Å². The molecule has 0 atom stereocenters. The van der Waals surface area contributed by atoms with Gasteiger partial charge in [-0.15, -0.1) is 10.2 Å². The average Bonchev–Trinajstić information content (AvgIpc) is 3.39. The smallest absolute Gasteiger partial charge is 0.264 e. The number of nitrogens with zero attached hydrogens (tertiary/aromatic N) is 8. The van der Waals surface area contributed by atoms with Crippen LogP contribution in [0, 0.1) is 11.3 Å². The maximum atomic E-state index is 13.6. The Hall–Kier alpha value is -4.58. The predicted octanol–water partition coefficient (Wildman–Crippen LogP) is 4.16. The van der Waals surface area contributed by atoms with E-state index in [1.807, 2.05) is 59.5 Å². The van der Waals surface area contributed by atoms with Crippen LogP contribution in [-0.4, -0.2) is 33.9 Å². The molecule has 0 spiro atoms. The molecule has 0 amide bonds. The Labute approximate surface area is 201 Å². The minimum absolute atomic E-state index is 0.154. The van der Waals surface area contributed by atoms with Crippen molar-refractivity contribution in [2.24, 2.45) is 0 Å². The lowest BCUT2D eigenvalue weighted by atomic mass is 10.1. The van der Waals surface area contributed by atoms with Crippen LogP contribution in [0.5, 0.6) is 0 Å². The van der Waals surface area contributed by atoms with Gasteiger partial charge in [0.2, 0.25) is 0 Å². The number of rotatable bonds is 5. The quantitative estimate of drug-likeness (QED) is 0.388. The number of hydrogen-bond acceptors (Lipinski definition) is 6. The number of aromatic nitrogens is 7. The van der Waals surface area contributed by atoms with Crippen LogP contribution >= 0.6 is 0 Å². The summed E-state index contributed by atoms with van der Waals surface area (Å²) in [6.07, 6.45) is 9.34. The summed E-state index contributed by atoms with van der Waals surface area (Å²) in [7, 11) is 0. The van der Waals surface area contributed by atoms with E-state index in [-0.39, 0.29) is 11.6 Å². The molecule has 5 aromatic rings. The molecule has 4 heterocycles. The zero-order chi connectivity index (χ0) is 24.1. The maximum Gasteiger partial charge on any atom is 0.264 e. The van der Waals surface area contributed by atoms with Crippen molar-refractivity contribution < 1.29 is 0 Å². The summed E-state index contributed by atoms with van der Waals surface area (Å²) >= 11 is 0. The first-order chi connectivity index (χ1) is 17.0. The molecule has 1 aliphatic carbocycles. The predicted molar refractivity (Wildman–Crippen MR) is 131 cm³/mol. The Morgan fingerprint density at radius 2 is 1.94 bits per heavy atom. The van der Waals surface area contributed by atoms with Crippen molar-refractivity contribution >= 4 is 10.8 Å². The molecule has 9 heteroatoms. The van der Waals surface area contributed by atoms with E-state index in [0.29, 0.717) is 39.6 Å². The first kappa shape index (κ1) is 21.0. The van der Waals surface area contributed by atoms with Gasteiger partial charge < -0.3 is 9.13 Å². The highest BCUT2D eigenvalue weighted by atomic mass is 16.1. The van der Waals surface area contributed by atoms with E-state index in [9.17, 15) is 10.1 Å². The van der Waals surface area contributed by atoms with E-state index in [2.05, 4.69) is 21.3 Å². The first-order valence-corrected chi connectivity index (χ1v) is 11.5. The Kier molecular flexibility index (Phi) is 4.81. The van der Waals surface area contributed by atoms with Gasteiger partial charge in [-0.1, -0.05) is 12.1 Å². The number of pyridine rings is 2. The largest absolute Gasteiger partial charge is 0.310 e. The minimum Gasteiger partial charge on any atom is -0.310 e. The van der Waals surface area contributed by atoms with Crippen molar-refractivity contribution in [1.29, 1.82) is 5.26 Å². The number of benzene rings is 1. The van der Waals surface area contributed by atoms with Gasteiger partial charge in [-0.2, -0.15) is 5.26 Å². The number of fused-ring (bicyclic) bond motifs is 1. The van der Waals surface area contributed by atoms with Crippen molar-refractivity contribution in [2.45, 2.75) is 38.6 Å². The molecule has 0 radical (unpaired) electrons. The molecule has 1 saturated carbocycles. The van der Waals surface area contributed by atoms with Gasteiger partial charge in [0.15, 0.2) is 5.82 Å². The van der Waals surface area contributed by atoms with Gasteiger partial charge in [0, 0.05) is 35.4 Å². The molecular formula is C26H22N8O. The van der Waals surface area contributed by atoms with Gasteiger partial charge in [-0.25, -0.2) is 9.97 Å². The van der Waals surface area contributed by atoms with Gasteiger partial charge >= 0.3 is 0 Å². The van der Waals surface area contributed by atoms with Crippen LogP contribution in [0.25, 0.3) is 33.8 Å². The van der Waals surface area contributed by atoms with E-state index >= 15 is 0 Å². The Balaban J connectivity index is 1.49. The van der Waals surface area contributed by atoms with Gasteiger partial charge in [0.25, 0.3) is 5.56 Å². The SMILES string of the molecule is CC(C)n1cnnc1-c1cccc(-n2cc(C#N)c3ccc(-n4cnc(C5CC5)c4)cc3c2=O)n1. The molecule has 35 heavy (non-hydrogen) atoms. The first-order valence-electron chi connectivity index (χ1n) is 11.5. The summed E-state index contributed by atoms with van der Waals surface area (Å²) < 4.78 is 5.27. The minimum atomic E-state index is -0.252. The summed E-state index contributed by atoms with van der Waals surface area (Å²) in [4.78, 5) is 22.8. The second kappa shape index (κ2) is 8.02. The van der Waals surface area contributed by atoms with Gasteiger partial charge in [0.1, 0.15) is 23.9 Å². The molecule has 0 saturated heterocycles. The van der Waals surface area contributed by atoms with Crippen molar-refractivity contribution in [3.05, 3.63) is 83.1 Å². The molecule has 9 nitrogen and oxygen atoms in total. The van der Waals surface area contributed by atoms with Crippen LogP contribution in [0.4, 0.5) is 0 Å². The monoisotopic (exact) mass is 462 g/mol. The van der Waals surface area contributed by atoms with Gasteiger partial charge in [-0.05, 0) is 51.0 Å². The van der Waals surface area contributed by atoms with Crippen LogP contribution in [0.2, 0.25) is 0 Å². The third kappa shape index (κ3) is 3.60. The van der Waals surface area contributed by atoms with E-state index in [0.717, 1.165) is 11.4 Å². The van der Waals surface area contributed by atoms with E-state index in [1.54, 1.807) is 24.9 Å². The van der Waals surface area contributed by atoms with Gasteiger partial charge in [0.05, 0.1) is 23.0 Å². The molecule has 1 aliphatic rings. The summed E-state index contributed by atoms with van der Waals surface area (Å²) in [5, 5.41) is 19.1. The maximum absolute atomic E-state index is 13.6. The summed E-state index contributed by atoms with van der Waals surface area (Å²) in [6, 6.07) is 13.3. The van der Waals surface area contributed by atoms with Crippen molar-refractivity contribution in [3.63, 3.8) is 0 Å². The Morgan fingerprint density at radius 3 is 2.71 bits per heavy atom. The molecule has 0 unspecified atom stereocenters. The molecule has 0 bridgehead atoms. The average molecular weight is 463 g/mol. The molecule has 6 rings (SSSR count). The Morgan fingerprint density at radius 1 is 1.09 bits per heavy atom. The number of imidazole rings is 1. The molecule has 0 aliphatic heterocycles. The summed E-state index contributed by atoms with van der Waals surface area (Å²) in [6.45, 7) is 4.07. The zero-order valence-electron chi connectivity index (χ0n) is 19.3. The van der Waals surface area contributed by atoms with Crippen LogP contribution < -0.4 is 5.56 Å². The molecular weight excluding hydrogens is 440 g/mol. The second-order valence-electron chi connectivity index (χ2n) is 9.08. The molecule has 1 fully saturated rings. The third-order valence-electron chi connectivity index (χ3n) is 6.36. The highest BCUT2D eigenvalue weighted by Crippen LogP contribution is 2.39. The second-order valence-corrected chi connectivity index (χ2v) is 9.08.